The van der Waals surface area contributed by atoms with Gasteiger partial charge >= 0.3 is 0 Å². The fraction of sp³-hybridized carbons (Fsp3) is 0.385. The number of nitrogens with one attached hydrogen (secondary N) is 2. The third-order valence-corrected chi connectivity index (χ3v) is 3.43. The Morgan fingerprint density at radius 1 is 1.26 bits per heavy atom. The van der Waals surface area contributed by atoms with Gasteiger partial charge in [-0.2, -0.15) is 0 Å². The van der Waals surface area contributed by atoms with E-state index in [2.05, 4.69) is 10.6 Å². The molecule has 0 aliphatic heterocycles. The van der Waals surface area contributed by atoms with Gasteiger partial charge in [0.1, 0.15) is 0 Å². The van der Waals surface area contributed by atoms with Crippen LogP contribution in [0.2, 0.25) is 0 Å². The maximum atomic E-state index is 11.6. The lowest BCUT2D eigenvalue weighted by Gasteiger charge is -2.07. The molecule has 0 bridgehead atoms. The molecule has 1 aromatic rings. The molecule has 6 heteroatoms. The number of benzene rings is 1. The van der Waals surface area contributed by atoms with Crippen LogP contribution in [0.25, 0.3) is 0 Å². The lowest BCUT2D eigenvalue weighted by molar-refractivity contribution is -0.120. The van der Waals surface area contributed by atoms with E-state index in [-0.39, 0.29) is 11.8 Å². The summed E-state index contributed by atoms with van der Waals surface area (Å²) >= 11 is 1.40. The number of amides is 2. The first-order chi connectivity index (χ1) is 8.99. The number of aryl methyl sites for hydroxylation is 1. The Morgan fingerprint density at radius 3 is 2.58 bits per heavy atom. The molecular formula is C13H19N3O2S. The van der Waals surface area contributed by atoms with Crippen molar-refractivity contribution in [2.24, 2.45) is 0 Å². The summed E-state index contributed by atoms with van der Waals surface area (Å²) in [6.45, 7) is 4.29. The van der Waals surface area contributed by atoms with Crippen molar-refractivity contribution >= 4 is 29.3 Å². The van der Waals surface area contributed by atoms with Crippen molar-refractivity contribution in [2.45, 2.75) is 18.7 Å². The molecule has 0 aliphatic rings. The molecule has 0 unspecified atom stereocenters. The highest BCUT2D eigenvalue weighted by Crippen LogP contribution is 2.25. The maximum absolute atomic E-state index is 11.6. The van der Waals surface area contributed by atoms with Crippen molar-refractivity contribution in [3.05, 3.63) is 23.8 Å². The minimum absolute atomic E-state index is 0.0738. The zero-order valence-electron chi connectivity index (χ0n) is 11.2. The van der Waals surface area contributed by atoms with Gasteiger partial charge in [0.05, 0.1) is 5.75 Å². The molecule has 4 N–H and O–H groups in total. The molecule has 0 radical (unpaired) electrons. The Labute approximate surface area is 117 Å². The first-order valence-corrected chi connectivity index (χ1v) is 6.97. The Balaban J connectivity index is 2.28. The second-order valence-electron chi connectivity index (χ2n) is 4.16. The van der Waals surface area contributed by atoms with Gasteiger partial charge < -0.3 is 16.4 Å². The highest BCUT2D eigenvalue weighted by Gasteiger charge is 2.05. The first kappa shape index (κ1) is 15.4. The molecule has 19 heavy (non-hydrogen) atoms. The smallest absolute Gasteiger partial charge is 0.230 e. The minimum Gasteiger partial charge on any atom is -0.398 e. The second kappa shape index (κ2) is 7.68. The van der Waals surface area contributed by atoms with Gasteiger partial charge in [-0.1, -0.05) is 6.07 Å². The largest absolute Gasteiger partial charge is 0.398 e. The number of anilines is 1. The fourth-order valence-corrected chi connectivity index (χ4v) is 2.21. The van der Waals surface area contributed by atoms with Gasteiger partial charge in [0, 0.05) is 30.6 Å². The number of carbonyl (C=O) groups excluding carboxylic acids is 2. The summed E-state index contributed by atoms with van der Waals surface area (Å²) in [4.78, 5) is 23.1. The predicted molar refractivity (Wildman–Crippen MR) is 78.0 cm³/mol. The van der Waals surface area contributed by atoms with Gasteiger partial charge in [0.2, 0.25) is 11.8 Å². The van der Waals surface area contributed by atoms with E-state index in [0.29, 0.717) is 24.5 Å². The van der Waals surface area contributed by atoms with E-state index in [9.17, 15) is 9.59 Å². The van der Waals surface area contributed by atoms with Crippen molar-refractivity contribution in [1.29, 1.82) is 0 Å². The van der Waals surface area contributed by atoms with Crippen molar-refractivity contribution in [3.63, 3.8) is 0 Å². The van der Waals surface area contributed by atoms with Crippen molar-refractivity contribution in [2.75, 3.05) is 24.6 Å². The summed E-state index contributed by atoms with van der Waals surface area (Å²) in [7, 11) is 0. The van der Waals surface area contributed by atoms with Gasteiger partial charge in [-0.25, -0.2) is 0 Å². The lowest BCUT2D eigenvalue weighted by Crippen LogP contribution is -2.34. The van der Waals surface area contributed by atoms with Crippen LogP contribution in [-0.4, -0.2) is 30.7 Å². The maximum Gasteiger partial charge on any atom is 0.230 e. The molecule has 1 aromatic carbocycles. The molecule has 104 valence electrons. The number of carbonyl (C=O) groups is 2. The van der Waals surface area contributed by atoms with Crippen molar-refractivity contribution in [3.8, 4) is 0 Å². The third kappa shape index (κ3) is 6.15. The first-order valence-electron chi connectivity index (χ1n) is 5.99. The molecule has 0 aromatic heterocycles. The Bertz CT molecular complexity index is 463. The summed E-state index contributed by atoms with van der Waals surface area (Å²) < 4.78 is 0. The highest BCUT2D eigenvalue weighted by atomic mass is 32.2. The van der Waals surface area contributed by atoms with Gasteiger partial charge in [0.15, 0.2) is 0 Å². The van der Waals surface area contributed by atoms with Crippen LogP contribution in [0.5, 0.6) is 0 Å². The number of hydrogen-bond acceptors (Lipinski definition) is 4. The minimum atomic E-state index is -0.101. The Hall–Kier alpha value is -1.69. The molecule has 5 nitrogen and oxygen atoms in total. The zero-order valence-corrected chi connectivity index (χ0v) is 12.0. The summed E-state index contributed by atoms with van der Waals surface area (Å²) in [5.41, 5.74) is 7.65. The molecule has 0 spiro atoms. The van der Waals surface area contributed by atoms with Gasteiger partial charge in [0.25, 0.3) is 0 Å². The number of nitrogens with two attached hydrogens (primary N) is 1. The molecular weight excluding hydrogens is 262 g/mol. The number of thioether (sulfide) groups is 1. The summed E-state index contributed by atoms with van der Waals surface area (Å²) in [5, 5.41) is 5.33. The van der Waals surface area contributed by atoms with Crippen LogP contribution in [0.15, 0.2) is 23.1 Å². The molecule has 0 saturated heterocycles. The Kier molecular flexibility index (Phi) is 6.21. The molecule has 0 fully saturated rings. The van der Waals surface area contributed by atoms with E-state index in [1.807, 2.05) is 25.1 Å². The summed E-state index contributed by atoms with van der Waals surface area (Å²) in [6, 6.07) is 5.77. The quantitative estimate of drug-likeness (QED) is 0.411. The number of hydrogen-bond donors (Lipinski definition) is 3. The fourth-order valence-electron chi connectivity index (χ4n) is 1.43. The molecule has 0 aliphatic carbocycles. The van der Waals surface area contributed by atoms with E-state index in [1.165, 1.54) is 18.7 Å². The molecule has 0 heterocycles. The van der Waals surface area contributed by atoms with E-state index in [0.717, 1.165) is 10.5 Å². The normalized spacial score (nSPS) is 10.0. The summed E-state index contributed by atoms with van der Waals surface area (Å²) in [6.07, 6.45) is 0. The van der Waals surface area contributed by atoms with Crippen LogP contribution >= 0.6 is 11.8 Å². The third-order valence-electron chi connectivity index (χ3n) is 2.35. The van der Waals surface area contributed by atoms with Crippen molar-refractivity contribution < 1.29 is 9.59 Å². The van der Waals surface area contributed by atoms with E-state index in [4.69, 9.17) is 5.73 Å². The monoisotopic (exact) mass is 281 g/mol. The number of rotatable bonds is 6. The van der Waals surface area contributed by atoms with Crippen LogP contribution in [0.1, 0.15) is 12.5 Å². The van der Waals surface area contributed by atoms with E-state index >= 15 is 0 Å². The van der Waals surface area contributed by atoms with E-state index in [1.54, 1.807) is 0 Å². The summed E-state index contributed by atoms with van der Waals surface area (Å²) in [5.74, 6) is 0.138. The second-order valence-corrected chi connectivity index (χ2v) is 5.18. The van der Waals surface area contributed by atoms with Crippen LogP contribution in [0.3, 0.4) is 0 Å². The molecule has 1 rings (SSSR count). The van der Waals surface area contributed by atoms with Gasteiger partial charge in [-0.3, -0.25) is 9.59 Å². The lowest BCUT2D eigenvalue weighted by atomic mass is 10.2. The van der Waals surface area contributed by atoms with Crippen LogP contribution < -0.4 is 16.4 Å². The average molecular weight is 281 g/mol. The van der Waals surface area contributed by atoms with Gasteiger partial charge in [-0.15, -0.1) is 11.8 Å². The standard InChI is InChI=1S/C13H19N3O2S/c1-9-3-4-12(11(14)7-9)19-8-13(18)16-6-5-15-10(2)17/h3-4,7H,5-6,8,14H2,1-2H3,(H,15,17)(H,16,18). The average Bonchev–Trinajstić information content (AvgIpc) is 2.33. The Morgan fingerprint density at radius 2 is 1.95 bits per heavy atom. The van der Waals surface area contributed by atoms with E-state index < -0.39 is 0 Å². The topological polar surface area (TPSA) is 84.2 Å². The highest BCUT2D eigenvalue weighted by molar-refractivity contribution is 8.00. The SMILES string of the molecule is CC(=O)NCCNC(=O)CSc1ccc(C)cc1N. The number of nitrogen functional groups attached to an aromatic ring is 1. The molecule has 2 amide bonds. The zero-order chi connectivity index (χ0) is 14.3. The van der Waals surface area contributed by atoms with Crippen LogP contribution in [-0.2, 0) is 9.59 Å². The van der Waals surface area contributed by atoms with Crippen LogP contribution in [0, 0.1) is 6.92 Å². The van der Waals surface area contributed by atoms with Gasteiger partial charge in [-0.05, 0) is 24.6 Å². The molecule has 0 atom stereocenters. The van der Waals surface area contributed by atoms with Crippen LogP contribution in [0.4, 0.5) is 5.69 Å². The molecule has 0 saturated carbocycles. The van der Waals surface area contributed by atoms with Crippen molar-refractivity contribution in [1.82, 2.24) is 10.6 Å². The predicted octanol–water partition coefficient (Wildman–Crippen LogP) is 0.922.